The lowest BCUT2D eigenvalue weighted by Gasteiger charge is -2.00. The number of carbonyl (C=O) groups is 1. The van der Waals surface area contributed by atoms with Crippen molar-refractivity contribution in [2.75, 3.05) is 0 Å². The van der Waals surface area contributed by atoms with E-state index >= 15 is 0 Å². The van der Waals surface area contributed by atoms with E-state index in [0.717, 1.165) is 0 Å². The van der Waals surface area contributed by atoms with Gasteiger partial charge in [0, 0.05) is 5.56 Å². The summed E-state index contributed by atoms with van der Waals surface area (Å²) in [4.78, 5) is 11.4. The first-order valence-corrected chi connectivity index (χ1v) is 3.95. The minimum Gasteiger partial charge on any atom is -0.289 e. The van der Waals surface area contributed by atoms with Crippen LogP contribution in [-0.4, -0.2) is 5.78 Å². The molecule has 1 nitrogen and oxygen atoms in total. The van der Waals surface area contributed by atoms with Crippen LogP contribution in [0.1, 0.15) is 17.3 Å². The second-order valence-electron chi connectivity index (χ2n) is 2.59. The van der Waals surface area contributed by atoms with Crippen LogP contribution >= 0.6 is 11.6 Å². The smallest absolute Gasteiger partial charge is 0.189 e. The van der Waals surface area contributed by atoms with E-state index in [4.69, 9.17) is 11.6 Å². The first kappa shape index (κ1) is 9.01. The SMILES string of the molecule is C=C(C)C(=O)c1ccccc1Cl. The molecule has 1 aromatic carbocycles. The molecule has 0 N–H and O–H groups in total. The summed E-state index contributed by atoms with van der Waals surface area (Å²) in [6.45, 7) is 5.24. The summed E-state index contributed by atoms with van der Waals surface area (Å²) < 4.78 is 0. The topological polar surface area (TPSA) is 17.1 Å². The number of rotatable bonds is 2. The van der Waals surface area contributed by atoms with Crippen molar-refractivity contribution in [3.63, 3.8) is 0 Å². The van der Waals surface area contributed by atoms with E-state index < -0.39 is 0 Å². The summed E-state index contributed by atoms with van der Waals surface area (Å²) >= 11 is 5.80. The van der Waals surface area contributed by atoms with Gasteiger partial charge in [0.25, 0.3) is 0 Å². The maximum Gasteiger partial charge on any atom is 0.189 e. The fourth-order valence-corrected chi connectivity index (χ4v) is 1.10. The molecule has 0 fully saturated rings. The van der Waals surface area contributed by atoms with Gasteiger partial charge in [0.05, 0.1) is 5.02 Å². The minimum atomic E-state index is -0.0967. The molecular formula is C10H9ClO. The molecule has 0 aromatic heterocycles. The maximum atomic E-state index is 11.4. The summed E-state index contributed by atoms with van der Waals surface area (Å²) in [5.41, 5.74) is 1.02. The third-order valence-electron chi connectivity index (χ3n) is 1.51. The van der Waals surface area contributed by atoms with Gasteiger partial charge in [-0.05, 0) is 24.6 Å². The van der Waals surface area contributed by atoms with Crippen LogP contribution < -0.4 is 0 Å². The maximum absolute atomic E-state index is 11.4. The lowest BCUT2D eigenvalue weighted by atomic mass is 10.1. The van der Waals surface area contributed by atoms with Crippen LogP contribution in [0, 0.1) is 0 Å². The summed E-state index contributed by atoms with van der Waals surface area (Å²) in [7, 11) is 0. The van der Waals surface area contributed by atoms with Gasteiger partial charge >= 0.3 is 0 Å². The third-order valence-corrected chi connectivity index (χ3v) is 1.84. The molecule has 1 aromatic rings. The lowest BCUT2D eigenvalue weighted by Crippen LogP contribution is -1.99. The predicted octanol–water partition coefficient (Wildman–Crippen LogP) is 3.10. The highest BCUT2D eigenvalue weighted by Crippen LogP contribution is 2.17. The van der Waals surface area contributed by atoms with E-state index in [2.05, 4.69) is 6.58 Å². The number of carbonyl (C=O) groups excluding carboxylic acids is 1. The quantitative estimate of drug-likeness (QED) is 0.505. The first-order chi connectivity index (χ1) is 5.63. The van der Waals surface area contributed by atoms with Crippen molar-refractivity contribution in [1.29, 1.82) is 0 Å². The highest BCUT2D eigenvalue weighted by atomic mass is 35.5. The van der Waals surface area contributed by atoms with Crippen molar-refractivity contribution in [1.82, 2.24) is 0 Å². The molecule has 2 heteroatoms. The number of halogens is 1. The van der Waals surface area contributed by atoms with Gasteiger partial charge in [0.1, 0.15) is 0 Å². The van der Waals surface area contributed by atoms with Gasteiger partial charge in [-0.1, -0.05) is 30.3 Å². The molecule has 0 saturated carbocycles. The van der Waals surface area contributed by atoms with Gasteiger partial charge in [-0.15, -0.1) is 0 Å². The lowest BCUT2D eigenvalue weighted by molar-refractivity contribution is 0.103. The minimum absolute atomic E-state index is 0.0967. The molecule has 62 valence electrons. The molecule has 0 aliphatic rings. The van der Waals surface area contributed by atoms with E-state index in [-0.39, 0.29) is 5.78 Å². The van der Waals surface area contributed by atoms with Crippen molar-refractivity contribution in [3.8, 4) is 0 Å². The van der Waals surface area contributed by atoms with Crippen molar-refractivity contribution < 1.29 is 4.79 Å². The summed E-state index contributed by atoms with van der Waals surface area (Å²) in [6.07, 6.45) is 0. The third kappa shape index (κ3) is 1.74. The van der Waals surface area contributed by atoms with Crippen molar-refractivity contribution in [2.45, 2.75) is 6.92 Å². The molecular weight excluding hydrogens is 172 g/mol. The van der Waals surface area contributed by atoms with Crippen LogP contribution in [0.3, 0.4) is 0 Å². The van der Waals surface area contributed by atoms with Crippen molar-refractivity contribution >= 4 is 17.4 Å². The van der Waals surface area contributed by atoms with Crippen LogP contribution in [0.2, 0.25) is 5.02 Å². The Hall–Kier alpha value is -1.08. The second kappa shape index (κ2) is 3.55. The van der Waals surface area contributed by atoms with Gasteiger partial charge in [-0.3, -0.25) is 4.79 Å². The number of Topliss-reactive ketones (excluding diaryl/α,β-unsaturated/α-hetero) is 1. The van der Waals surface area contributed by atoms with Gasteiger partial charge in [-0.2, -0.15) is 0 Å². The zero-order valence-electron chi connectivity index (χ0n) is 6.80. The number of ketones is 1. The molecule has 0 unspecified atom stereocenters. The molecule has 0 amide bonds. The number of benzene rings is 1. The Balaban J connectivity index is 3.11. The fraction of sp³-hybridized carbons (Fsp3) is 0.100. The fourth-order valence-electron chi connectivity index (χ4n) is 0.875. The Bertz CT molecular complexity index is 328. The molecule has 0 aliphatic heterocycles. The van der Waals surface area contributed by atoms with Gasteiger partial charge in [-0.25, -0.2) is 0 Å². The Kier molecular flexibility index (Phi) is 2.66. The molecule has 0 aliphatic carbocycles. The van der Waals surface area contributed by atoms with Crippen LogP contribution in [0.25, 0.3) is 0 Å². The highest BCUT2D eigenvalue weighted by molar-refractivity contribution is 6.34. The van der Waals surface area contributed by atoms with Crippen LogP contribution in [-0.2, 0) is 0 Å². The molecule has 0 heterocycles. The highest BCUT2D eigenvalue weighted by Gasteiger charge is 2.08. The summed E-state index contributed by atoms with van der Waals surface area (Å²) in [5.74, 6) is -0.0967. The van der Waals surface area contributed by atoms with E-state index in [0.29, 0.717) is 16.2 Å². The zero-order chi connectivity index (χ0) is 9.14. The zero-order valence-corrected chi connectivity index (χ0v) is 7.56. The average molecular weight is 181 g/mol. The monoisotopic (exact) mass is 180 g/mol. The number of hydrogen-bond acceptors (Lipinski definition) is 1. The van der Waals surface area contributed by atoms with E-state index in [9.17, 15) is 4.79 Å². The van der Waals surface area contributed by atoms with Crippen LogP contribution in [0.4, 0.5) is 0 Å². The van der Waals surface area contributed by atoms with E-state index in [1.54, 1.807) is 31.2 Å². The molecule has 0 atom stereocenters. The van der Waals surface area contributed by atoms with Crippen LogP contribution in [0.5, 0.6) is 0 Å². The predicted molar refractivity (Wildman–Crippen MR) is 50.6 cm³/mol. The Morgan fingerprint density at radius 3 is 2.50 bits per heavy atom. The van der Waals surface area contributed by atoms with Crippen LogP contribution in [0.15, 0.2) is 36.4 Å². The molecule has 12 heavy (non-hydrogen) atoms. The Labute approximate surface area is 76.7 Å². The summed E-state index contributed by atoms with van der Waals surface area (Å²) in [5, 5.41) is 0.477. The first-order valence-electron chi connectivity index (χ1n) is 3.57. The van der Waals surface area contributed by atoms with Gasteiger partial charge < -0.3 is 0 Å². The normalized spacial score (nSPS) is 9.50. The number of allylic oxidation sites excluding steroid dienone is 1. The molecule has 0 radical (unpaired) electrons. The second-order valence-corrected chi connectivity index (χ2v) is 3.00. The average Bonchev–Trinajstić information content (AvgIpc) is 2.04. The van der Waals surface area contributed by atoms with E-state index in [1.807, 2.05) is 0 Å². The Morgan fingerprint density at radius 1 is 1.42 bits per heavy atom. The van der Waals surface area contributed by atoms with Gasteiger partial charge in [0.15, 0.2) is 5.78 Å². The van der Waals surface area contributed by atoms with E-state index in [1.165, 1.54) is 0 Å². The van der Waals surface area contributed by atoms with Crippen molar-refractivity contribution in [2.24, 2.45) is 0 Å². The summed E-state index contributed by atoms with van der Waals surface area (Å²) in [6, 6.07) is 6.96. The Morgan fingerprint density at radius 2 is 2.00 bits per heavy atom. The molecule has 0 spiro atoms. The van der Waals surface area contributed by atoms with Gasteiger partial charge in [0.2, 0.25) is 0 Å². The van der Waals surface area contributed by atoms with Crippen molar-refractivity contribution in [3.05, 3.63) is 47.0 Å². The molecule has 1 rings (SSSR count). The number of hydrogen-bond donors (Lipinski definition) is 0. The largest absolute Gasteiger partial charge is 0.289 e. The standard InChI is InChI=1S/C10H9ClO/c1-7(2)10(12)8-5-3-4-6-9(8)11/h3-6H,1H2,2H3. The molecule has 0 saturated heterocycles. The molecule has 0 bridgehead atoms.